The Balaban J connectivity index is 1.28. The van der Waals surface area contributed by atoms with Crippen molar-refractivity contribution in [3.05, 3.63) is 71.8 Å². The zero-order valence-electron chi connectivity index (χ0n) is 21.4. The first-order valence-corrected chi connectivity index (χ1v) is 13.6. The molecule has 0 bridgehead atoms. The summed E-state index contributed by atoms with van der Waals surface area (Å²) in [6, 6.07) is 20.8. The molecule has 6 nitrogen and oxygen atoms in total. The molecule has 0 spiro atoms. The van der Waals surface area contributed by atoms with Gasteiger partial charge in [0.1, 0.15) is 0 Å². The van der Waals surface area contributed by atoms with E-state index in [-0.39, 0.29) is 30.0 Å². The molecule has 0 aromatic heterocycles. The average molecular weight is 490 g/mol. The molecule has 0 N–H and O–H groups in total. The highest BCUT2D eigenvalue weighted by Gasteiger charge is 2.41. The van der Waals surface area contributed by atoms with E-state index in [1.54, 1.807) is 0 Å². The van der Waals surface area contributed by atoms with E-state index in [1.807, 2.05) is 40.1 Å². The van der Waals surface area contributed by atoms with Gasteiger partial charge < -0.3 is 14.5 Å². The number of carbonyl (C=O) groups excluding carboxylic acids is 2. The largest absolute Gasteiger partial charge is 0.453 e. The van der Waals surface area contributed by atoms with Crippen molar-refractivity contribution < 1.29 is 14.3 Å². The second-order valence-electron chi connectivity index (χ2n) is 10.7. The Morgan fingerprint density at radius 2 is 1.53 bits per heavy atom. The number of carbonyl (C=O) groups is 2. The normalized spacial score (nSPS) is 23.6. The second kappa shape index (κ2) is 11.5. The Hall–Kier alpha value is -2.86. The lowest BCUT2D eigenvalue weighted by atomic mass is 9.91. The standard InChI is InChI=1S/C30H39N3O3/c1-36-30(35)33(20-23-10-8-9-11-23)26-16-18-31(19-17-26)28-22-32(29(34)25-14-6-3-7-15-25)21-27(28)24-12-4-2-5-13-24/h2-7,12-15,23,26-28H,8-11,16-22H2,1H3/t27-,28+/m0/s1. The maximum atomic E-state index is 13.3. The zero-order valence-corrected chi connectivity index (χ0v) is 21.4. The van der Waals surface area contributed by atoms with Gasteiger partial charge in [-0.05, 0) is 49.3 Å². The van der Waals surface area contributed by atoms with E-state index < -0.39 is 0 Å². The van der Waals surface area contributed by atoms with Crippen molar-refractivity contribution in [3.63, 3.8) is 0 Å². The van der Waals surface area contributed by atoms with Crippen molar-refractivity contribution in [2.75, 3.05) is 39.8 Å². The van der Waals surface area contributed by atoms with Crippen molar-refractivity contribution in [1.82, 2.24) is 14.7 Å². The lowest BCUT2D eigenvalue weighted by Crippen LogP contribution is -2.52. The summed E-state index contributed by atoms with van der Waals surface area (Å²) < 4.78 is 5.19. The predicted molar refractivity (Wildman–Crippen MR) is 141 cm³/mol. The fourth-order valence-corrected chi connectivity index (χ4v) is 6.60. The monoisotopic (exact) mass is 489 g/mol. The molecule has 6 heteroatoms. The highest BCUT2D eigenvalue weighted by atomic mass is 16.5. The number of hydrogen-bond acceptors (Lipinski definition) is 4. The van der Waals surface area contributed by atoms with E-state index in [0.717, 1.165) is 51.1 Å². The summed E-state index contributed by atoms with van der Waals surface area (Å²) in [5, 5.41) is 0. The molecule has 1 aliphatic carbocycles. The number of ether oxygens (including phenoxy) is 1. The highest BCUT2D eigenvalue weighted by Crippen LogP contribution is 2.35. The van der Waals surface area contributed by atoms with Crippen LogP contribution in [-0.2, 0) is 4.74 Å². The van der Waals surface area contributed by atoms with Gasteiger partial charge in [-0.15, -0.1) is 0 Å². The lowest BCUT2D eigenvalue weighted by molar-refractivity contribution is 0.0568. The summed E-state index contributed by atoms with van der Waals surface area (Å²) in [4.78, 5) is 32.6. The van der Waals surface area contributed by atoms with Crippen LogP contribution in [0.15, 0.2) is 60.7 Å². The smallest absolute Gasteiger partial charge is 0.409 e. The lowest BCUT2D eigenvalue weighted by Gasteiger charge is -2.42. The van der Waals surface area contributed by atoms with Crippen molar-refractivity contribution in [2.45, 2.75) is 56.5 Å². The fourth-order valence-electron chi connectivity index (χ4n) is 6.60. The molecule has 1 saturated carbocycles. The fraction of sp³-hybridized carbons (Fsp3) is 0.533. The van der Waals surface area contributed by atoms with Crippen LogP contribution in [0.3, 0.4) is 0 Å². The molecule has 2 atom stereocenters. The molecular formula is C30H39N3O3. The van der Waals surface area contributed by atoms with E-state index in [1.165, 1.54) is 38.4 Å². The first-order valence-electron chi connectivity index (χ1n) is 13.6. The van der Waals surface area contributed by atoms with Gasteiger partial charge in [-0.1, -0.05) is 61.4 Å². The summed E-state index contributed by atoms with van der Waals surface area (Å²) in [7, 11) is 1.50. The molecule has 2 aromatic rings. The molecule has 2 amide bonds. The Kier molecular flexibility index (Phi) is 7.90. The van der Waals surface area contributed by atoms with Crippen LogP contribution in [0.1, 0.15) is 60.4 Å². The predicted octanol–water partition coefficient (Wildman–Crippen LogP) is 5.02. The van der Waals surface area contributed by atoms with E-state index in [2.05, 4.69) is 35.2 Å². The first kappa shape index (κ1) is 24.8. The zero-order chi connectivity index (χ0) is 24.9. The van der Waals surface area contributed by atoms with Crippen LogP contribution < -0.4 is 0 Å². The number of benzene rings is 2. The minimum absolute atomic E-state index is 0.113. The van der Waals surface area contributed by atoms with Crippen LogP contribution in [0.5, 0.6) is 0 Å². The van der Waals surface area contributed by atoms with Gasteiger partial charge in [0, 0.05) is 56.3 Å². The number of methoxy groups -OCH3 is 1. The van der Waals surface area contributed by atoms with Crippen molar-refractivity contribution >= 4 is 12.0 Å². The molecule has 5 rings (SSSR count). The van der Waals surface area contributed by atoms with E-state index in [0.29, 0.717) is 5.92 Å². The third-order valence-corrected chi connectivity index (χ3v) is 8.57. The molecule has 3 aliphatic rings. The average Bonchev–Trinajstić information content (AvgIpc) is 3.63. The number of rotatable bonds is 6. The third kappa shape index (κ3) is 5.44. The molecule has 3 fully saturated rings. The van der Waals surface area contributed by atoms with Gasteiger partial charge in [0.2, 0.25) is 0 Å². The Labute approximate surface area is 215 Å². The molecular weight excluding hydrogens is 450 g/mol. The van der Waals surface area contributed by atoms with E-state index >= 15 is 0 Å². The molecule has 0 radical (unpaired) electrons. The minimum Gasteiger partial charge on any atom is -0.453 e. The van der Waals surface area contributed by atoms with Crippen molar-refractivity contribution in [1.29, 1.82) is 0 Å². The number of likely N-dealkylation sites (tertiary alicyclic amines) is 2. The van der Waals surface area contributed by atoms with Gasteiger partial charge in [0.15, 0.2) is 0 Å². The SMILES string of the molecule is COC(=O)N(CC1CCCC1)C1CCN([C@@H]2CN(C(=O)c3ccccc3)C[C@H]2c2ccccc2)CC1. The van der Waals surface area contributed by atoms with Gasteiger partial charge in [0.05, 0.1) is 7.11 Å². The second-order valence-corrected chi connectivity index (χ2v) is 10.7. The molecule has 2 saturated heterocycles. The molecule has 192 valence electrons. The maximum Gasteiger partial charge on any atom is 0.409 e. The summed E-state index contributed by atoms with van der Waals surface area (Å²) in [5.41, 5.74) is 2.05. The van der Waals surface area contributed by atoms with Crippen molar-refractivity contribution in [3.8, 4) is 0 Å². The Bertz CT molecular complexity index is 1000. The van der Waals surface area contributed by atoms with Crippen LogP contribution in [0.2, 0.25) is 0 Å². The van der Waals surface area contributed by atoms with Crippen LogP contribution in [-0.4, -0.2) is 78.6 Å². The molecule has 36 heavy (non-hydrogen) atoms. The van der Waals surface area contributed by atoms with E-state index in [4.69, 9.17) is 4.74 Å². The number of piperidine rings is 1. The van der Waals surface area contributed by atoms with Crippen molar-refractivity contribution in [2.24, 2.45) is 5.92 Å². The molecule has 2 aliphatic heterocycles. The number of amides is 2. The maximum absolute atomic E-state index is 13.3. The topological polar surface area (TPSA) is 53.1 Å². The minimum atomic E-state index is -0.178. The summed E-state index contributed by atoms with van der Waals surface area (Å²) in [6.45, 7) is 4.17. The molecule has 2 aromatic carbocycles. The highest BCUT2D eigenvalue weighted by molar-refractivity contribution is 5.94. The number of nitrogens with zero attached hydrogens (tertiary/aromatic N) is 3. The summed E-state index contributed by atoms with van der Waals surface area (Å²) in [5.74, 6) is 1.00. The van der Waals surface area contributed by atoms with Gasteiger partial charge in [0.25, 0.3) is 5.91 Å². The van der Waals surface area contributed by atoms with Crippen LogP contribution >= 0.6 is 0 Å². The summed E-state index contributed by atoms with van der Waals surface area (Å²) >= 11 is 0. The van der Waals surface area contributed by atoms with Gasteiger partial charge in [-0.25, -0.2) is 4.79 Å². The quantitative estimate of drug-likeness (QED) is 0.572. The Morgan fingerprint density at radius 1 is 0.889 bits per heavy atom. The van der Waals surface area contributed by atoms with Gasteiger partial charge in [-0.2, -0.15) is 0 Å². The van der Waals surface area contributed by atoms with Crippen LogP contribution in [0, 0.1) is 5.92 Å². The third-order valence-electron chi connectivity index (χ3n) is 8.57. The molecule has 0 unspecified atom stereocenters. The number of hydrogen-bond donors (Lipinski definition) is 0. The first-order chi connectivity index (χ1) is 17.6. The Morgan fingerprint density at radius 3 is 2.17 bits per heavy atom. The van der Waals surface area contributed by atoms with Crippen LogP contribution in [0.4, 0.5) is 4.79 Å². The van der Waals surface area contributed by atoms with Gasteiger partial charge >= 0.3 is 6.09 Å². The van der Waals surface area contributed by atoms with Crippen LogP contribution in [0.25, 0.3) is 0 Å². The summed E-state index contributed by atoms with van der Waals surface area (Å²) in [6.07, 6.45) is 6.72. The molecule has 2 heterocycles. The van der Waals surface area contributed by atoms with Gasteiger partial charge in [-0.3, -0.25) is 9.69 Å². The van der Waals surface area contributed by atoms with E-state index in [9.17, 15) is 9.59 Å².